The molecule has 0 aliphatic heterocycles. The van der Waals surface area contributed by atoms with E-state index in [9.17, 15) is 8.78 Å². The van der Waals surface area contributed by atoms with Gasteiger partial charge in [0.15, 0.2) is 0 Å². The van der Waals surface area contributed by atoms with Crippen molar-refractivity contribution in [1.82, 2.24) is 4.90 Å². The van der Waals surface area contributed by atoms with Crippen LogP contribution in [0.1, 0.15) is 25.8 Å². The van der Waals surface area contributed by atoms with Gasteiger partial charge in [-0.1, -0.05) is 0 Å². The van der Waals surface area contributed by atoms with Crippen molar-refractivity contribution in [2.75, 3.05) is 12.4 Å². The van der Waals surface area contributed by atoms with E-state index < -0.39 is 5.82 Å². The quantitative estimate of drug-likeness (QED) is 0.704. The highest BCUT2D eigenvalue weighted by molar-refractivity contribution is 6.17. The number of hydrogen-bond acceptors (Lipinski definition) is 1. The van der Waals surface area contributed by atoms with Gasteiger partial charge in [0.05, 0.1) is 0 Å². The first-order valence-corrected chi connectivity index (χ1v) is 6.32. The van der Waals surface area contributed by atoms with Gasteiger partial charge in [0.2, 0.25) is 0 Å². The minimum Gasteiger partial charge on any atom is -0.297 e. The van der Waals surface area contributed by atoms with Crippen LogP contribution in [0.5, 0.6) is 0 Å². The van der Waals surface area contributed by atoms with E-state index in [1.807, 2.05) is 13.8 Å². The van der Waals surface area contributed by atoms with E-state index in [1.54, 1.807) is 0 Å². The zero-order valence-corrected chi connectivity index (χ0v) is 11.0. The van der Waals surface area contributed by atoms with Crippen molar-refractivity contribution in [3.05, 3.63) is 35.4 Å². The summed E-state index contributed by atoms with van der Waals surface area (Å²) >= 11 is 5.65. The predicted molar refractivity (Wildman–Crippen MR) is 67.2 cm³/mol. The summed E-state index contributed by atoms with van der Waals surface area (Å²) in [5, 5.41) is 0. The number of alkyl halides is 1. The Hall–Kier alpha value is -0.670. The van der Waals surface area contributed by atoms with E-state index in [4.69, 9.17) is 11.6 Å². The largest absolute Gasteiger partial charge is 0.297 e. The van der Waals surface area contributed by atoms with Gasteiger partial charge in [-0.15, -0.1) is 11.6 Å². The number of rotatable bonds is 6. The molecule has 17 heavy (non-hydrogen) atoms. The van der Waals surface area contributed by atoms with Crippen molar-refractivity contribution in [3.8, 4) is 0 Å². The highest BCUT2D eigenvalue weighted by Gasteiger charge is 2.12. The van der Waals surface area contributed by atoms with Crippen LogP contribution in [0.3, 0.4) is 0 Å². The molecule has 0 spiro atoms. The topological polar surface area (TPSA) is 3.24 Å². The van der Waals surface area contributed by atoms with Gasteiger partial charge in [-0.2, -0.15) is 0 Å². The van der Waals surface area contributed by atoms with E-state index in [-0.39, 0.29) is 11.9 Å². The Kier molecular flexibility index (Phi) is 5.86. The molecule has 1 rings (SSSR count). The second-order valence-electron chi connectivity index (χ2n) is 4.34. The molecule has 0 atom stereocenters. The van der Waals surface area contributed by atoms with Crippen molar-refractivity contribution < 1.29 is 8.78 Å². The standard InChI is InChI=1S/C13H18ClF2N/c1-10(2)17(7-3-6-14)9-11-8-12(15)4-5-13(11)16/h4-5,8,10H,3,6-7,9H2,1-2H3. The second-order valence-corrected chi connectivity index (χ2v) is 4.72. The maximum Gasteiger partial charge on any atom is 0.127 e. The fourth-order valence-corrected chi connectivity index (χ4v) is 1.79. The molecule has 96 valence electrons. The summed E-state index contributed by atoms with van der Waals surface area (Å²) in [6, 6.07) is 3.84. The van der Waals surface area contributed by atoms with Crippen molar-refractivity contribution in [2.24, 2.45) is 0 Å². The molecule has 4 heteroatoms. The number of benzene rings is 1. The lowest BCUT2D eigenvalue weighted by molar-refractivity contribution is 0.211. The third-order valence-electron chi connectivity index (χ3n) is 2.69. The summed E-state index contributed by atoms with van der Waals surface area (Å²) in [5.41, 5.74) is 0.397. The van der Waals surface area contributed by atoms with Crippen molar-refractivity contribution >= 4 is 11.6 Å². The van der Waals surface area contributed by atoms with Gasteiger partial charge in [-0.05, 0) is 45.0 Å². The fraction of sp³-hybridized carbons (Fsp3) is 0.538. The third-order valence-corrected chi connectivity index (χ3v) is 2.96. The molecule has 1 nitrogen and oxygen atoms in total. The fourth-order valence-electron chi connectivity index (χ4n) is 1.67. The molecule has 0 radical (unpaired) electrons. The van der Waals surface area contributed by atoms with Gasteiger partial charge >= 0.3 is 0 Å². The van der Waals surface area contributed by atoms with E-state index in [0.717, 1.165) is 19.0 Å². The first-order valence-electron chi connectivity index (χ1n) is 5.78. The Morgan fingerprint density at radius 3 is 2.59 bits per heavy atom. The van der Waals surface area contributed by atoms with Crippen LogP contribution in [0.15, 0.2) is 18.2 Å². The van der Waals surface area contributed by atoms with Crippen LogP contribution in [-0.2, 0) is 6.54 Å². The SMILES string of the molecule is CC(C)N(CCCCl)Cc1cc(F)ccc1F. The van der Waals surface area contributed by atoms with Crippen molar-refractivity contribution in [2.45, 2.75) is 32.9 Å². The summed E-state index contributed by atoms with van der Waals surface area (Å²) in [5.74, 6) is -0.181. The van der Waals surface area contributed by atoms with Crippen LogP contribution in [-0.4, -0.2) is 23.4 Å². The number of nitrogens with zero attached hydrogens (tertiary/aromatic N) is 1. The summed E-state index contributed by atoms with van der Waals surface area (Å²) in [6.45, 7) is 5.27. The molecule has 0 saturated carbocycles. The van der Waals surface area contributed by atoms with Crippen LogP contribution in [0.25, 0.3) is 0 Å². The Morgan fingerprint density at radius 2 is 2.00 bits per heavy atom. The second kappa shape index (κ2) is 6.92. The van der Waals surface area contributed by atoms with Crippen LogP contribution < -0.4 is 0 Å². The van der Waals surface area contributed by atoms with Gasteiger partial charge in [-0.3, -0.25) is 4.90 Å². The minimum atomic E-state index is -0.401. The lowest BCUT2D eigenvalue weighted by Gasteiger charge is -2.26. The monoisotopic (exact) mass is 261 g/mol. The van der Waals surface area contributed by atoms with Gasteiger partial charge in [0.1, 0.15) is 11.6 Å². The molecule has 0 aliphatic rings. The maximum atomic E-state index is 13.5. The van der Waals surface area contributed by atoms with Crippen LogP contribution in [0.4, 0.5) is 8.78 Å². The summed E-state index contributed by atoms with van der Waals surface area (Å²) < 4.78 is 26.5. The summed E-state index contributed by atoms with van der Waals surface area (Å²) in [4.78, 5) is 2.08. The first kappa shape index (κ1) is 14.4. The van der Waals surface area contributed by atoms with E-state index >= 15 is 0 Å². The van der Waals surface area contributed by atoms with Gasteiger partial charge < -0.3 is 0 Å². The highest BCUT2D eigenvalue weighted by Crippen LogP contribution is 2.14. The van der Waals surface area contributed by atoms with Crippen molar-refractivity contribution in [3.63, 3.8) is 0 Å². The van der Waals surface area contributed by atoms with Gasteiger partial charge in [0, 0.05) is 24.0 Å². The molecule has 0 unspecified atom stereocenters. The lowest BCUT2D eigenvalue weighted by atomic mass is 10.1. The maximum absolute atomic E-state index is 13.5. The van der Waals surface area contributed by atoms with E-state index in [0.29, 0.717) is 18.0 Å². The Balaban J connectivity index is 2.74. The molecule has 0 saturated heterocycles. The molecule has 0 amide bonds. The molecule has 0 aromatic heterocycles. The van der Waals surface area contributed by atoms with Crippen LogP contribution in [0.2, 0.25) is 0 Å². The molecule has 0 heterocycles. The number of halogens is 3. The Labute approximate surface area is 106 Å². The van der Waals surface area contributed by atoms with E-state index in [1.165, 1.54) is 12.1 Å². The molecule has 0 bridgehead atoms. The minimum absolute atomic E-state index is 0.279. The molecule has 0 fully saturated rings. The van der Waals surface area contributed by atoms with Crippen LogP contribution in [0, 0.1) is 11.6 Å². The van der Waals surface area contributed by atoms with E-state index in [2.05, 4.69) is 4.90 Å². The van der Waals surface area contributed by atoms with Gasteiger partial charge in [0.25, 0.3) is 0 Å². The Bertz CT molecular complexity index is 355. The average Bonchev–Trinajstić information content (AvgIpc) is 2.28. The molecule has 1 aromatic rings. The Morgan fingerprint density at radius 1 is 1.29 bits per heavy atom. The summed E-state index contributed by atoms with van der Waals surface area (Å²) in [7, 11) is 0. The lowest BCUT2D eigenvalue weighted by Crippen LogP contribution is -2.31. The van der Waals surface area contributed by atoms with Gasteiger partial charge in [-0.25, -0.2) is 8.78 Å². The smallest absolute Gasteiger partial charge is 0.127 e. The molecule has 1 aromatic carbocycles. The third kappa shape index (κ3) is 4.60. The first-order chi connectivity index (χ1) is 8.04. The highest BCUT2D eigenvalue weighted by atomic mass is 35.5. The molecular formula is C13H18ClF2N. The zero-order chi connectivity index (χ0) is 12.8. The normalized spacial score (nSPS) is 11.5. The van der Waals surface area contributed by atoms with Crippen LogP contribution >= 0.6 is 11.6 Å². The molecule has 0 N–H and O–H groups in total. The molecular weight excluding hydrogens is 244 g/mol. The molecule has 0 aliphatic carbocycles. The predicted octanol–water partition coefficient (Wildman–Crippen LogP) is 3.80. The van der Waals surface area contributed by atoms with Crippen molar-refractivity contribution in [1.29, 1.82) is 0 Å². The average molecular weight is 262 g/mol. The number of hydrogen-bond donors (Lipinski definition) is 0. The zero-order valence-electron chi connectivity index (χ0n) is 10.2. The summed E-state index contributed by atoms with van der Waals surface area (Å²) in [6.07, 6.45) is 0.844.